The standard InChI is InChI=1S/C20H24F3N3O2.HI/c1-3-24-19(25-11-15-5-4-6-17(27)10-15)26-12-16-8-7-14(2)9-18(16)28-13-20(21,22)23;/h4-10,27H,3,11-13H2,1-2H3,(H2,24,25,26);1H. The summed E-state index contributed by atoms with van der Waals surface area (Å²) in [5, 5.41) is 15.7. The Kier molecular flexibility index (Phi) is 10.1. The highest BCUT2D eigenvalue weighted by Gasteiger charge is 2.28. The van der Waals surface area contributed by atoms with Crippen molar-refractivity contribution in [2.24, 2.45) is 4.99 Å². The van der Waals surface area contributed by atoms with E-state index in [1.54, 1.807) is 37.3 Å². The maximum absolute atomic E-state index is 12.5. The van der Waals surface area contributed by atoms with E-state index in [1.807, 2.05) is 19.1 Å². The second-order valence-corrected chi connectivity index (χ2v) is 6.23. The molecule has 3 N–H and O–H groups in total. The number of nitrogens with zero attached hydrogens (tertiary/aromatic N) is 1. The van der Waals surface area contributed by atoms with Gasteiger partial charge in [0.15, 0.2) is 12.6 Å². The number of nitrogens with one attached hydrogen (secondary N) is 2. The van der Waals surface area contributed by atoms with E-state index in [0.717, 1.165) is 11.1 Å². The molecule has 160 valence electrons. The average Bonchev–Trinajstić information content (AvgIpc) is 2.63. The van der Waals surface area contributed by atoms with Crippen LogP contribution in [-0.2, 0) is 13.1 Å². The number of phenols is 1. The predicted octanol–water partition coefficient (Wildman–Crippen LogP) is 4.52. The quantitative estimate of drug-likeness (QED) is 0.284. The number of hydrogen-bond donors (Lipinski definition) is 3. The van der Waals surface area contributed by atoms with Crippen molar-refractivity contribution in [3.63, 3.8) is 0 Å². The van der Waals surface area contributed by atoms with Gasteiger partial charge in [-0.05, 0) is 43.2 Å². The summed E-state index contributed by atoms with van der Waals surface area (Å²) in [6.07, 6.45) is -4.40. The SMILES string of the molecule is CCNC(=NCc1cccc(O)c1)NCc1ccc(C)cc1OCC(F)(F)F.I. The summed E-state index contributed by atoms with van der Waals surface area (Å²) >= 11 is 0. The number of benzene rings is 2. The Morgan fingerprint density at radius 1 is 1.14 bits per heavy atom. The van der Waals surface area contributed by atoms with Crippen LogP contribution in [0.1, 0.15) is 23.6 Å². The minimum atomic E-state index is -4.40. The van der Waals surface area contributed by atoms with Gasteiger partial charge in [-0.1, -0.05) is 24.3 Å². The molecule has 0 bridgehead atoms. The molecule has 2 rings (SSSR count). The zero-order chi connectivity index (χ0) is 20.6. The van der Waals surface area contributed by atoms with Gasteiger partial charge in [0.1, 0.15) is 11.5 Å². The number of aryl methyl sites for hydroxylation is 1. The minimum absolute atomic E-state index is 0. The van der Waals surface area contributed by atoms with Crippen molar-refractivity contribution >= 4 is 29.9 Å². The van der Waals surface area contributed by atoms with Gasteiger partial charge in [-0.25, -0.2) is 4.99 Å². The van der Waals surface area contributed by atoms with Crippen LogP contribution in [0.3, 0.4) is 0 Å². The normalized spacial score (nSPS) is 11.6. The van der Waals surface area contributed by atoms with Crippen LogP contribution in [0.2, 0.25) is 0 Å². The van der Waals surface area contributed by atoms with Crippen molar-refractivity contribution in [2.75, 3.05) is 13.2 Å². The Bertz CT molecular complexity index is 814. The lowest BCUT2D eigenvalue weighted by atomic mass is 10.1. The molecule has 0 saturated carbocycles. The second-order valence-electron chi connectivity index (χ2n) is 6.23. The first-order valence-electron chi connectivity index (χ1n) is 8.86. The van der Waals surface area contributed by atoms with E-state index in [1.165, 1.54) is 0 Å². The summed E-state index contributed by atoms with van der Waals surface area (Å²) < 4.78 is 42.4. The average molecular weight is 523 g/mol. The Hall–Kier alpha value is -2.17. The summed E-state index contributed by atoms with van der Waals surface area (Å²) in [7, 11) is 0. The van der Waals surface area contributed by atoms with E-state index in [9.17, 15) is 18.3 Å². The van der Waals surface area contributed by atoms with Crippen molar-refractivity contribution in [2.45, 2.75) is 33.1 Å². The molecule has 0 saturated heterocycles. The third-order valence-corrected chi connectivity index (χ3v) is 3.73. The third kappa shape index (κ3) is 9.25. The smallest absolute Gasteiger partial charge is 0.422 e. The van der Waals surface area contributed by atoms with Crippen molar-refractivity contribution in [3.8, 4) is 11.5 Å². The van der Waals surface area contributed by atoms with Gasteiger partial charge in [-0.2, -0.15) is 13.2 Å². The molecule has 9 heteroatoms. The molecular weight excluding hydrogens is 498 g/mol. The van der Waals surface area contributed by atoms with Crippen LogP contribution >= 0.6 is 24.0 Å². The predicted molar refractivity (Wildman–Crippen MR) is 118 cm³/mol. The van der Waals surface area contributed by atoms with E-state index in [-0.39, 0.29) is 42.0 Å². The molecule has 0 fully saturated rings. The fourth-order valence-electron chi connectivity index (χ4n) is 2.45. The first-order chi connectivity index (χ1) is 13.3. The highest BCUT2D eigenvalue weighted by Crippen LogP contribution is 2.23. The van der Waals surface area contributed by atoms with Gasteiger partial charge in [0.05, 0.1) is 6.54 Å². The lowest BCUT2D eigenvalue weighted by molar-refractivity contribution is -0.153. The van der Waals surface area contributed by atoms with Gasteiger partial charge in [0.2, 0.25) is 0 Å². The fraction of sp³-hybridized carbons (Fsp3) is 0.350. The van der Waals surface area contributed by atoms with Gasteiger partial charge < -0.3 is 20.5 Å². The van der Waals surface area contributed by atoms with E-state index < -0.39 is 12.8 Å². The van der Waals surface area contributed by atoms with Crippen molar-refractivity contribution < 1.29 is 23.0 Å². The third-order valence-electron chi connectivity index (χ3n) is 3.73. The van der Waals surface area contributed by atoms with Gasteiger partial charge in [0.25, 0.3) is 0 Å². The molecule has 0 aliphatic carbocycles. The molecule has 0 aliphatic rings. The van der Waals surface area contributed by atoms with Crippen molar-refractivity contribution in [1.82, 2.24) is 10.6 Å². The minimum Gasteiger partial charge on any atom is -0.508 e. The van der Waals surface area contributed by atoms with Crippen molar-refractivity contribution in [1.29, 1.82) is 0 Å². The summed E-state index contributed by atoms with van der Waals surface area (Å²) in [6, 6.07) is 11.9. The van der Waals surface area contributed by atoms with Crippen LogP contribution in [0.15, 0.2) is 47.5 Å². The van der Waals surface area contributed by atoms with Crippen LogP contribution in [0.25, 0.3) is 0 Å². The van der Waals surface area contributed by atoms with Crippen LogP contribution in [-0.4, -0.2) is 30.4 Å². The molecular formula is C20H25F3IN3O2. The van der Waals surface area contributed by atoms with Gasteiger partial charge >= 0.3 is 6.18 Å². The van der Waals surface area contributed by atoms with Crippen LogP contribution in [0.5, 0.6) is 11.5 Å². The number of hydrogen-bond acceptors (Lipinski definition) is 3. The number of rotatable bonds is 7. The summed E-state index contributed by atoms with van der Waals surface area (Å²) in [5.41, 5.74) is 2.24. The Morgan fingerprint density at radius 2 is 1.90 bits per heavy atom. The molecule has 0 spiro atoms. The molecule has 0 aliphatic heterocycles. The molecule has 0 atom stereocenters. The van der Waals surface area contributed by atoms with E-state index in [0.29, 0.717) is 24.6 Å². The summed E-state index contributed by atoms with van der Waals surface area (Å²) in [6.45, 7) is 3.58. The van der Waals surface area contributed by atoms with Crippen LogP contribution in [0.4, 0.5) is 13.2 Å². The molecule has 2 aromatic carbocycles. The first-order valence-corrected chi connectivity index (χ1v) is 8.86. The fourth-order valence-corrected chi connectivity index (χ4v) is 2.45. The lowest BCUT2D eigenvalue weighted by Crippen LogP contribution is -2.37. The second kappa shape index (κ2) is 11.7. The lowest BCUT2D eigenvalue weighted by Gasteiger charge is -2.16. The number of halogens is 4. The molecule has 0 amide bonds. The molecule has 0 radical (unpaired) electrons. The van der Waals surface area contributed by atoms with Gasteiger partial charge in [-0.3, -0.25) is 0 Å². The Morgan fingerprint density at radius 3 is 2.55 bits per heavy atom. The zero-order valence-electron chi connectivity index (χ0n) is 16.2. The Balaban J connectivity index is 0.00000420. The van der Waals surface area contributed by atoms with Crippen molar-refractivity contribution in [3.05, 3.63) is 59.2 Å². The molecule has 5 nitrogen and oxygen atoms in total. The zero-order valence-corrected chi connectivity index (χ0v) is 18.5. The monoisotopic (exact) mass is 523 g/mol. The highest BCUT2D eigenvalue weighted by atomic mass is 127. The first kappa shape index (κ1) is 24.9. The summed E-state index contributed by atoms with van der Waals surface area (Å²) in [4.78, 5) is 4.43. The maximum atomic E-state index is 12.5. The van der Waals surface area contributed by atoms with E-state index in [4.69, 9.17) is 4.74 Å². The number of ether oxygens (including phenoxy) is 1. The number of aromatic hydroxyl groups is 1. The number of aliphatic imine (C=N–C) groups is 1. The largest absolute Gasteiger partial charge is 0.508 e. The molecule has 29 heavy (non-hydrogen) atoms. The molecule has 2 aromatic rings. The maximum Gasteiger partial charge on any atom is 0.422 e. The number of phenolic OH excluding ortho intramolecular Hbond substituents is 1. The van der Waals surface area contributed by atoms with Gasteiger partial charge in [0, 0.05) is 18.7 Å². The summed E-state index contributed by atoms with van der Waals surface area (Å²) in [5.74, 6) is 0.860. The molecule has 0 heterocycles. The van der Waals surface area contributed by atoms with E-state index in [2.05, 4.69) is 15.6 Å². The van der Waals surface area contributed by atoms with Gasteiger partial charge in [-0.15, -0.1) is 24.0 Å². The number of guanidine groups is 1. The highest BCUT2D eigenvalue weighted by molar-refractivity contribution is 14.0. The molecule has 0 aromatic heterocycles. The Labute approximate surface area is 185 Å². The molecule has 0 unspecified atom stereocenters. The number of alkyl halides is 3. The topological polar surface area (TPSA) is 65.9 Å². The van der Waals surface area contributed by atoms with E-state index >= 15 is 0 Å². The van der Waals surface area contributed by atoms with Crippen LogP contribution in [0, 0.1) is 6.92 Å². The van der Waals surface area contributed by atoms with Crippen LogP contribution < -0.4 is 15.4 Å².